The average Bonchev–Trinajstić information content (AvgIpc) is 2.30. The first-order valence-electron chi connectivity index (χ1n) is 5.40. The number of nitro benzene ring substituents is 1. The van der Waals surface area contributed by atoms with E-state index in [-0.39, 0.29) is 0 Å². The van der Waals surface area contributed by atoms with E-state index in [1.54, 1.807) is 6.07 Å². The maximum atomic E-state index is 13.4. The van der Waals surface area contributed by atoms with Crippen molar-refractivity contribution in [1.82, 2.24) is 4.90 Å². The summed E-state index contributed by atoms with van der Waals surface area (Å²) in [6, 6.07) is 4.04. The second-order valence-electron chi connectivity index (χ2n) is 3.93. The van der Waals surface area contributed by atoms with Crippen LogP contribution >= 0.6 is 0 Å². The average molecular weight is 240 g/mol. The maximum Gasteiger partial charge on any atom is 0.304 e. The summed E-state index contributed by atoms with van der Waals surface area (Å²) in [6.07, 6.45) is 0. The van der Waals surface area contributed by atoms with Gasteiger partial charge in [-0.1, -0.05) is 6.07 Å². The molecule has 1 aliphatic heterocycles. The molecule has 0 amide bonds. The SMILES string of the molecule is O=[N+]([O-])c1ccc(CN2CCOCC2)cc1F. The minimum atomic E-state index is -0.777. The first kappa shape index (κ1) is 11.9. The van der Waals surface area contributed by atoms with Gasteiger partial charge in [-0.25, -0.2) is 0 Å². The molecule has 1 aromatic carbocycles. The van der Waals surface area contributed by atoms with Crippen molar-refractivity contribution in [3.63, 3.8) is 0 Å². The Bertz CT molecular complexity index is 419. The summed E-state index contributed by atoms with van der Waals surface area (Å²) in [4.78, 5) is 11.9. The molecule has 1 fully saturated rings. The Morgan fingerprint density at radius 2 is 2.12 bits per heavy atom. The standard InChI is InChI=1S/C11H13FN2O3/c12-10-7-9(1-2-11(10)14(15)16)8-13-3-5-17-6-4-13/h1-2,7H,3-6,8H2. The van der Waals surface area contributed by atoms with Gasteiger partial charge in [0.25, 0.3) is 0 Å². The van der Waals surface area contributed by atoms with E-state index < -0.39 is 16.4 Å². The topological polar surface area (TPSA) is 55.6 Å². The Morgan fingerprint density at radius 1 is 1.41 bits per heavy atom. The van der Waals surface area contributed by atoms with Crippen LogP contribution in [-0.2, 0) is 11.3 Å². The molecule has 0 bridgehead atoms. The molecule has 0 aromatic heterocycles. The minimum Gasteiger partial charge on any atom is -0.379 e. The van der Waals surface area contributed by atoms with Crippen LogP contribution in [0.1, 0.15) is 5.56 Å². The van der Waals surface area contributed by atoms with Gasteiger partial charge < -0.3 is 4.74 Å². The molecule has 0 spiro atoms. The van der Waals surface area contributed by atoms with E-state index in [1.807, 2.05) is 0 Å². The largest absolute Gasteiger partial charge is 0.379 e. The summed E-state index contributed by atoms with van der Waals surface area (Å²) in [5.74, 6) is -0.777. The van der Waals surface area contributed by atoms with Crippen LogP contribution in [0.25, 0.3) is 0 Å². The molecule has 0 aliphatic carbocycles. The lowest BCUT2D eigenvalue weighted by Crippen LogP contribution is -2.35. The van der Waals surface area contributed by atoms with Gasteiger partial charge in [0.05, 0.1) is 18.1 Å². The van der Waals surface area contributed by atoms with Gasteiger partial charge in [-0.15, -0.1) is 0 Å². The zero-order valence-electron chi connectivity index (χ0n) is 9.26. The van der Waals surface area contributed by atoms with E-state index in [0.717, 1.165) is 18.7 Å². The zero-order valence-corrected chi connectivity index (χ0v) is 9.26. The first-order chi connectivity index (χ1) is 8.16. The van der Waals surface area contributed by atoms with Gasteiger partial charge in [-0.2, -0.15) is 4.39 Å². The second kappa shape index (κ2) is 5.20. The van der Waals surface area contributed by atoms with Crippen molar-refractivity contribution in [3.05, 3.63) is 39.7 Å². The number of hydrogen-bond acceptors (Lipinski definition) is 4. The van der Waals surface area contributed by atoms with Gasteiger partial charge in [-0.05, 0) is 11.6 Å². The Morgan fingerprint density at radius 3 is 2.71 bits per heavy atom. The lowest BCUT2D eigenvalue weighted by atomic mass is 10.2. The maximum absolute atomic E-state index is 13.4. The van der Waals surface area contributed by atoms with Crippen LogP contribution in [0, 0.1) is 15.9 Å². The number of hydrogen-bond donors (Lipinski definition) is 0. The van der Waals surface area contributed by atoms with E-state index >= 15 is 0 Å². The molecule has 0 unspecified atom stereocenters. The van der Waals surface area contributed by atoms with Crippen molar-refractivity contribution in [2.24, 2.45) is 0 Å². The van der Waals surface area contributed by atoms with Crippen LogP contribution in [0.3, 0.4) is 0 Å². The molecule has 1 aliphatic rings. The highest BCUT2D eigenvalue weighted by molar-refractivity contribution is 5.34. The molecule has 0 radical (unpaired) electrons. The van der Waals surface area contributed by atoms with Gasteiger partial charge >= 0.3 is 5.69 Å². The molecule has 6 heteroatoms. The number of nitrogens with zero attached hydrogens (tertiary/aromatic N) is 2. The minimum absolute atomic E-state index is 0.476. The number of morpholine rings is 1. The Kier molecular flexibility index (Phi) is 3.65. The predicted molar refractivity (Wildman–Crippen MR) is 59.2 cm³/mol. The molecule has 92 valence electrons. The van der Waals surface area contributed by atoms with Crippen molar-refractivity contribution in [1.29, 1.82) is 0 Å². The summed E-state index contributed by atoms with van der Waals surface area (Å²) in [7, 11) is 0. The fourth-order valence-electron chi connectivity index (χ4n) is 1.81. The van der Waals surface area contributed by atoms with Crippen molar-refractivity contribution in [2.45, 2.75) is 6.54 Å². The molecular formula is C11H13FN2O3. The molecule has 1 heterocycles. The quantitative estimate of drug-likeness (QED) is 0.594. The fraction of sp³-hybridized carbons (Fsp3) is 0.455. The van der Waals surface area contributed by atoms with E-state index in [9.17, 15) is 14.5 Å². The number of halogens is 1. The lowest BCUT2D eigenvalue weighted by Gasteiger charge is -2.26. The number of rotatable bonds is 3. The highest BCUT2D eigenvalue weighted by atomic mass is 19.1. The van der Waals surface area contributed by atoms with Crippen molar-refractivity contribution in [2.75, 3.05) is 26.3 Å². The van der Waals surface area contributed by atoms with Crippen molar-refractivity contribution < 1.29 is 14.1 Å². The summed E-state index contributed by atoms with van der Waals surface area (Å²) in [5.41, 5.74) is 0.269. The van der Waals surface area contributed by atoms with Crippen LogP contribution in [0.2, 0.25) is 0 Å². The third-order valence-electron chi connectivity index (χ3n) is 2.72. The summed E-state index contributed by atoms with van der Waals surface area (Å²) in [5, 5.41) is 10.5. The zero-order chi connectivity index (χ0) is 12.3. The van der Waals surface area contributed by atoms with Crippen molar-refractivity contribution in [3.8, 4) is 0 Å². The highest BCUT2D eigenvalue weighted by Gasteiger charge is 2.16. The van der Waals surface area contributed by atoms with E-state index in [2.05, 4.69) is 4.90 Å². The number of benzene rings is 1. The van der Waals surface area contributed by atoms with Crippen LogP contribution in [0.5, 0.6) is 0 Å². The third kappa shape index (κ3) is 2.98. The second-order valence-corrected chi connectivity index (χ2v) is 3.93. The fourth-order valence-corrected chi connectivity index (χ4v) is 1.81. The molecular weight excluding hydrogens is 227 g/mol. The lowest BCUT2D eigenvalue weighted by molar-refractivity contribution is -0.387. The van der Waals surface area contributed by atoms with E-state index in [4.69, 9.17) is 4.74 Å². The monoisotopic (exact) mass is 240 g/mol. The molecule has 5 nitrogen and oxygen atoms in total. The third-order valence-corrected chi connectivity index (χ3v) is 2.72. The molecule has 0 atom stereocenters. The first-order valence-corrected chi connectivity index (χ1v) is 5.40. The number of nitro groups is 1. The molecule has 0 saturated carbocycles. The smallest absolute Gasteiger partial charge is 0.304 e. The summed E-state index contributed by atoms with van der Waals surface area (Å²) >= 11 is 0. The Balaban J connectivity index is 2.06. The molecule has 2 rings (SSSR count). The van der Waals surface area contributed by atoms with Crippen molar-refractivity contribution >= 4 is 5.69 Å². The normalized spacial score (nSPS) is 17.0. The van der Waals surface area contributed by atoms with Gasteiger partial charge in [0.2, 0.25) is 5.82 Å². The highest BCUT2D eigenvalue weighted by Crippen LogP contribution is 2.19. The molecule has 1 aromatic rings. The van der Waals surface area contributed by atoms with Gasteiger partial charge in [0, 0.05) is 25.7 Å². The van der Waals surface area contributed by atoms with Crippen LogP contribution in [0.4, 0.5) is 10.1 Å². The number of ether oxygens (including phenoxy) is 1. The Labute approximate surface area is 97.9 Å². The summed E-state index contributed by atoms with van der Waals surface area (Å²) < 4.78 is 18.6. The predicted octanol–water partition coefficient (Wildman–Crippen LogP) is 1.57. The van der Waals surface area contributed by atoms with Gasteiger partial charge in [-0.3, -0.25) is 15.0 Å². The molecule has 0 N–H and O–H groups in total. The van der Waals surface area contributed by atoms with E-state index in [0.29, 0.717) is 19.8 Å². The van der Waals surface area contributed by atoms with Gasteiger partial charge in [0.1, 0.15) is 0 Å². The molecule has 17 heavy (non-hydrogen) atoms. The van der Waals surface area contributed by atoms with Crippen LogP contribution in [0.15, 0.2) is 18.2 Å². The van der Waals surface area contributed by atoms with E-state index in [1.165, 1.54) is 12.1 Å². The molecule has 1 saturated heterocycles. The Hall–Kier alpha value is -1.53. The van der Waals surface area contributed by atoms with Gasteiger partial charge in [0.15, 0.2) is 0 Å². The summed E-state index contributed by atoms with van der Waals surface area (Å²) in [6.45, 7) is 3.56. The van der Waals surface area contributed by atoms with Crippen LogP contribution < -0.4 is 0 Å². The van der Waals surface area contributed by atoms with Crippen LogP contribution in [-0.4, -0.2) is 36.1 Å².